The predicted molar refractivity (Wildman–Crippen MR) is 82.1 cm³/mol. The van der Waals surface area contributed by atoms with Gasteiger partial charge < -0.3 is 5.73 Å². The minimum atomic E-state index is -3.78. The topological polar surface area (TPSA) is 72.2 Å². The van der Waals surface area contributed by atoms with Crippen molar-refractivity contribution < 1.29 is 12.8 Å². The van der Waals surface area contributed by atoms with Crippen molar-refractivity contribution in [1.82, 2.24) is 4.72 Å². The number of benzene rings is 1. The van der Waals surface area contributed by atoms with E-state index in [1.54, 1.807) is 18.7 Å². The van der Waals surface area contributed by atoms with E-state index in [9.17, 15) is 12.8 Å². The predicted octanol–water partition coefficient (Wildman–Crippen LogP) is 2.36. The van der Waals surface area contributed by atoms with Gasteiger partial charge in [-0.15, -0.1) is 0 Å². The van der Waals surface area contributed by atoms with E-state index in [0.29, 0.717) is 6.42 Å². The summed E-state index contributed by atoms with van der Waals surface area (Å²) in [6, 6.07) is 1.98. The van der Waals surface area contributed by atoms with Crippen LogP contribution in [0.15, 0.2) is 17.0 Å². The molecule has 0 saturated carbocycles. The zero-order chi connectivity index (χ0) is 15.3. The highest BCUT2D eigenvalue weighted by molar-refractivity contribution is 7.98. The van der Waals surface area contributed by atoms with E-state index in [4.69, 9.17) is 17.3 Å². The molecule has 0 saturated heterocycles. The Labute approximate surface area is 128 Å². The molecule has 1 aromatic rings. The third-order valence-corrected chi connectivity index (χ3v) is 5.35. The Hall–Kier alpha value is -0.340. The summed E-state index contributed by atoms with van der Waals surface area (Å²) in [6.07, 6.45) is 2.64. The van der Waals surface area contributed by atoms with Crippen molar-refractivity contribution in [1.29, 1.82) is 0 Å². The van der Waals surface area contributed by atoms with Crippen molar-refractivity contribution in [2.24, 2.45) is 5.73 Å². The molecule has 0 amide bonds. The Morgan fingerprint density at radius 3 is 2.70 bits per heavy atom. The standard InChI is InChI=1S/C12H18ClFN2O2S2/c1-8(3-4-19-2)16-20(17,18)10-5-9(7-15)12(13)11(14)6-10/h5-6,8,16H,3-4,7,15H2,1-2H3. The van der Waals surface area contributed by atoms with E-state index in [1.807, 2.05) is 6.26 Å². The highest BCUT2D eigenvalue weighted by Gasteiger charge is 2.20. The summed E-state index contributed by atoms with van der Waals surface area (Å²) in [5, 5.41) is -0.137. The summed E-state index contributed by atoms with van der Waals surface area (Å²) in [6.45, 7) is 1.74. The SMILES string of the molecule is CSCCC(C)NS(=O)(=O)c1cc(F)c(Cl)c(CN)c1. The molecule has 0 aliphatic carbocycles. The lowest BCUT2D eigenvalue weighted by Crippen LogP contribution is -2.33. The van der Waals surface area contributed by atoms with E-state index < -0.39 is 15.8 Å². The summed E-state index contributed by atoms with van der Waals surface area (Å²) in [5.41, 5.74) is 5.70. The van der Waals surface area contributed by atoms with E-state index in [2.05, 4.69) is 4.72 Å². The van der Waals surface area contributed by atoms with Crippen LogP contribution in [0.4, 0.5) is 4.39 Å². The van der Waals surface area contributed by atoms with Gasteiger partial charge >= 0.3 is 0 Å². The molecule has 3 N–H and O–H groups in total. The van der Waals surface area contributed by atoms with Gasteiger partial charge in [-0.3, -0.25) is 0 Å². The lowest BCUT2D eigenvalue weighted by Gasteiger charge is -2.14. The van der Waals surface area contributed by atoms with Crippen LogP contribution >= 0.6 is 23.4 Å². The maximum absolute atomic E-state index is 13.6. The number of hydrogen-bond acceptors (Lipinski definition) is 4. The molecular weight excluding hydrogens is 323 g/mol. The lowest BCUT2D eigenvalue weighted by molar-refractivity contribution is 0.554. The number of nitrogens with two attached hydrogens (primary N) is 1. The molecule has 0 fully saturated rings. The first-order valence-corrected chi connectivity index (χ1v) is 9.26. The van der Waals surface area contributed by atoms with Crippen LogP contribution in [0.1, 0.15) is 18.9 Å². The summed E-state index contributed by atoms with van der Waals surface area (Å²) in [5.74, 6) is 0.0546. The number of thioether (sulfide) groups is 1. The fourth-order valence-electron chi connectivity index (χ4n) is 1.61. The highest BCUT2D eigenvalue weighted by Crippen LogP contribution is 2.24. The van der Waals surface area contributed by atoms with Crippen LogP contribution in [0.5, 0.6) is 0 Å². The van der Waals surface area contributed by atoms with Crippen molar-refractivity contribution in [3.05, 3.63) is 28.5 Å². The van der Waals surface area contributed by atoms with Crippen LogP contribution < -0.4 is 10.5 Å². The van der Waals surface area contributed by atoms with Gasteiger partial charge in [0, 0.05) is 12.6 Å². The van der Waals surface area contributed by atoms with Crippen LogP contribution in [0.25, 0.3) is 0 Å². The van der Waals surface area contributed by atoms with Gasteiger partial charge in [0.05, 0.1) is 9.92 Å². The van der Waals surface area contributed by atoms with Gasteiger partial charge in [0.1, 0.15) is 5.82 Å². The normalized spacial score (nSPS) is 13.4. The number of sulfonamides is 1. The van der Waals surface area contributed by atoms with Crippen LogP contribution in [0.2, 0.25) is 5.02 Å². The molecule has 0 aliphatic heterocycles. The van der Waals surface area contributed by atoms with Crippen molar-refractivity contribution >= 4 is 33.4 Å². The van der Waals surface area contributed by atoms with Crippen LogP contribution in [0.3, 0.4) is 0 Å². The zero-order valence-corrected chi connectivity index (χ0v) is 13.7. The number of hydrogen-bond donors (Lipinski definition) is 2. The second-order valence-electron chi connectivity index (χ2n) is 4.39. The van der Waals surface area contributed by atoms with E-state index in [1.165, 1.54) is 6.07 Å². The summed E-state index contributed by atoms with van der Waals surface area (Å²) >= 11 is 7.35. The molecule has 1 atom stereocenters. The Balaban J connectivity index is 3.01. The van der Waals surface area contributed by atoms with Gasteiger partial charge in [-0.05, 0) is 43.0 Å². The van der Waals surface area contributed by atoms with Crippen molar-refractivity contribution in [2.45, 2.75) is 30.8 Å². The number of rotatable bonds is 7. The fraction of sp³-hybridized carbons (Fsp3) is 0.500. The third kappa shape index (κ3) is 4.60. The Morgan fingerprint density at radius 2 is 2.15 bits per heavy atom. The first kappa shape index (κ1) is 17.7. The molecule has 0 aliphatic rings. The molecule has 0 aromatic heterocycles. The summed E-state index contributed by atoms with van der Waals surface area (Å²) in [7, 11) is -3.78. The van der Waals surface area contributed by atoms with Gasteiger partial charge in [0.2, 0.25) is 10.0 Å². The quantitative estimate of drug-likeness (QED) is 0.799. The molecule has 8 heteroatoms. The largest absolute Gasteiger partial charge is 0.326 e. The van der Waals surface area contributed by atoms with Crippen molar-refractivity contribution in [3.8, 4) is 0 Å². The Morgan fingerprint density at radius 1 is 1.50 bits per heavy atom. The van der Waals surface area contributed by atoms with Crippen LogP contribution in [0, 0.1) is 5.82 Å². The highest BCUT2D eigenvalue weighted by atomic mass is 35.5. The molecule has 0 spiro atoms. The Bertz CT molecular complexity index is 567. The Kier molecular flexibility index (Phi) is 6.74. The zero-order valence-electron chi connectivity index (χ0n) is 11.3. The average Bonchev–Trinajstić information content (AvgIpc) is 2.38. The number of nitrogens with one attached hydrogen (secondary N) is 1. The number of halogens is 2. The molecule has 1 aromatic carbocycles. The molecular formula is C12H18ClFN2O2S2. The lowest BCUT2D eigenvalue weighted by atomic mass is 10.2. The maximum Gasteiger partial charge on any atom is 0.240 e. The molecule has 0 radical (unpaired) electrons. The van der Waals surface area contributed by atoms with E-state index >= 15 is 0 Å². The van der Waals surface area contributed by atoms with Gasteiger partial charge in [-0.2, -0.15) is 11.8 Å². The van der Waals surface area contributed by atoms with E-state index in [-0.39, 0.29) is 28.1 Å². The second-order valence-corrected chi connectivity index (χ2v) is 7.46. The second kappa shape index (κ2) is 7.61. The van der Waals surface area contributed by atoms with Gasteiger partial charge in [0.25, 0.3) is 0 Å². The maximum atomic E-state index is 13.6. The molecule has 1 rings (SSSR count). The summed E-state index contributed by atoms with van der Waals surface area (Å²) < 4.78 is 40.5. The first-order valence-electron chi connectivity index (χ1n) is 6.01. The molecule has 4 nitrogen and oxygen atoms in total. The third-order valence-electron chi connectivity index (χ3n) is 2.72. The molecule has 0 heterocycles. The monoisotopic (exact) mass is 340 g/mol. The van der Waals surface area contributed by atoms with Gasteiger partial charge in [0.15, 0.2) is 0 Å². The minimum absolute atomic E-state index is 0.0266. The summed E-state index contributed by atoms with van der Waals surface area (Å²) in [4.78, 5) is -0.157. The molecule has 1 unspecified atom stereocenters. The first-order chi connectivity index (χ1) is 9.31. The molecule has 20 heavy (non-hydrogen) atoms. The van der Waals surface area contributed by atoms with Crippen LogP contribution in [-0.4, -0.2) is 26.5 Å². The van der Waals surface area contributed by atoms with E-state index in [0.717, 1.165) is 11.8 Å². The van der Waals surface area contributed by atoms with Gasteiger partial charge in [-0.1, -0.05) is 11.6 Å². The van der Waals surface area contributed by atoms with Crippen molar-refractivity contribution in [2.75, 3.05) is 12.0 Å². The van der Waals surface area contributed by atoms with Gasteiger partial charge in [-0.25, -0.2) is 17.5 Å². The molecule has 114 valence electrons. The minimum Gasteiger partial charge on any atom is -0.326 e. The average molecular weight is 341 g/mol. The van der Waals surface area contributed by atoms with Crippen LogP contribution in [-0.2, 0) is 16.6 Å². The molecule has 0 bridgehead atoms. The smallest absolute Gasteiger partial charge is 0.240 e. The fourth-order valence-corrected chi connectivity index (χ4v) is 3.72. The van der Waals surface area contributed by atoms with Crippen molar-refractivity contribution in [3.63, 3.8) is 0 Å².